The number of carboxylic acid groups (broad SMARTS) is 1. The third kappa shape index (κ3) is 5.48. The maximum atomic E-state index is 11.5. The van der Waals surface area contributed by atoms with Gasteiger partial charge in [0.05, 0.1) is 37.4 Å². The number of pyridine rings is 1. The summed E-state index contributed by atoms with van der Waals surface area (Å²) in [6, 6.07) is 10.7. The molecule has 11 heteroatoms. The first kappa shape index (κ1) is 25.7. The molecule has 1 aliphatic heterocycles. The Morgan fingerprint density at radius 1 is 1.13 bits per heavy atom. The first-order chi connectivity index (χ1) is 18.5. The van der Waals surface area contributed by atoms with Gasteiger partial charge in [0.25, 0.3) is 0 Å². The van der Waals surface area contributed by atoms with E-state index >= 15 is 0 Å². The summed E-state index contributed by atoms with van der Waals surface area (Å²) in [4.78, 5) is 16.1. The van der Waals surface area contributed by atoms with Gasteiger partial charge in [0.1, 0.15) is 23.4 Å². The van der Waals surface area contributed by atoms with Gasteiger partial charge in [0, 0.05) is 35.7 Å². The summed E-state index contributed by atoms with van der Waals surface area (Å²) in [6.07, 6.45) is 3.95. The molecule has 1 fully saturated rings. The Bertz CT molecular complexity index is 1380. The molecule has 2 N–H and O–H groups in total. The number of rotatable bonds is 11. The van der Waals surface area contributed by atoms with Crippen molar-refractivity contribution in [3.05, 3.63) is 59.7 Å². The van der Waals surface area contributed by atoms with Gasteiger partial charge in [-0.25, -0.2) is 4.79 Å². The molecule has 4 heterocycles. The van der Waals surface area contributed by atoms with Crippen LogP contribution < -0.4 is 10.1 Å². The molecule has 11 nitrogen and oxygen atoms in total. The van der Waals surface area contributed by atoms with Crippen LogP contribution >= 0.6 is 0 Å². The lowest BCUT2D eigenvalue weighted by molar-refractivity contribution is -0.175. The SMILES string of the molecule is COc1cc2nc(C)ccc2cc1-c1cc([C@H](CCCCCC2(c3ccon3)OCCO2)NC(=O)O)no1. The average Bonchev–Trinajstić information content (AvgIpc) is 3.69. The lowest BCUT2D eigenvalue weighted by atomic mass is 10.00. The maximum Gasteiger partial charge on any atom is 0.405 e. The van der Waals surface area contributed by atoms with E-state index in [1.807, 2.05) is 31.2 Å². The zero-order chi connectivity index (χ0) is 26.5. The molecule has 38 heavy (non-hydrogen) atoms. The molecule has 0 unspecified atom stereocenters. The van der Waals surface area contributed by atoms with Gasteiger partial charge >= 0.3 is 6.09 Å². The number of carbonyl (C=O) groups is 1. The third-order valence-corrected chi connectivity index (χ3v) is 6.68. The quantitative estimate of drug-likeness (QED) is 0.247. The van der Waals surface area contributed by atoms with Crippen LogP contribution in [-0.4, -0.2) is 46.8 Å². The van der Waals surface area contributed by atoms with Crippen LogP contribution in [0.5, 0.6) is 5.75 Å². The predicted molar refractivity (Wildman–Crippen MR) is 136 cm³/mol. The summed E-state index contributed by atoms with van der Waals surface area (Å²) in [5, 5.41) is 21.1. The Morgan fingerprint density at radius 3 is 2.71 bits per heavy atom. The number of methoxy groups -OCH3 is 1. The summed E-state index contributed by atoms with van der Waals surface area (Å²) < 4.78 is 27.9. The van der Waals surface area contributed by atoms with Crippen molar-refractivity contribution in [3.63, 3.8) is 0 Å². The van der Waals surface area contributed by atoms with E-state index in [1.165, 1.54) is 6.26 Å². The Morgan fingerprint density at radius 2 is 1.97 bits per heavy atom. The van der Waals surface area contributed by atoms with Gasteiger partial charge in [-0.2, -0.15) is 0 Å². The monoisotopic (exact) mass is 522 g/mol. The second-order valence-corrected chi connectivity index (χ2v) is 9.25. The summed E-state index contributed by atoms with van der Waals surface area (Å²) in [5.74, 6) is 0.208. The number of unbranched alkanes of at least 4 members (excludes halogenated alkanes) is 2. The highest BCUT2D eigenvalue weighted by Gasteiger charge is 2.40. The Kier molecular flexibility index (Phi) is 7.57. The first-order valence-electron chi connectivity index (χ1n) is 12.6. The number of ether oxygens (including phenoxy) is 3. The number of benzene rings is 1. The summed E-state index contributed by atoms with van der Waals surface area (Å²) in [7, 11) is 1.58. The number of aryl methyl sites for hydroxylation is 1. The third-order valence-electron chi connectivity index (χ3n) is 6.68. The van der Waals surface area contributed by atoms with Gasteiger partial charge in [-0.05, 0) is 31.9 Å². The second-order valence-electron chi connectivity index (χ2n) is 9.25. The molecule has 4 aromatic rings. The first-order valence-corrected chi connectivity index (χ1v) is 12.6. The highest BCUT2D eigenvalue weighted by Crippen LogP contribution is 2.37. The van der Waals surface area contributed by atoms with Gasteiger partial charge < -0.3 is 33.7 Å². The van der Waals surface area contributed by atoms with Gasteiger partial charge in [0.2, 0.25) is 5.79 Å². The van der Waals surface area contributed by atoms with Crippen molar-refractivity contribution in [2.45, 2.75) is 50.9 Å². The van der Waals surface area contributed by atoms with E-state index in [1.54, 1.807) is 19.2 Å². The number of hydrogen-bond donors (Lipinski definition) is 2. The van der Waals surface area contributed by atoms with Crippen LogP contribution in [-0.2, 0) is 15.3 Å². The van der Waals surface area contributed by atoms with E-state index in [2.05, 4.69) is 20.6 Å². The average molecular weight is 523 g/mol. The Hall–Kier alpha value is -3.96. The van der Waals surface area contributed by atoms with Crippen LogP contribution in [0.4, 0.5) is 4.79 Å². The van der Waals surface area contributed by atoms with Crippen molar-refractivity contribution in [1.82, 2.24) is 20.6 Å². The standard InChI is InChI=1S/C27H30N4O7/c1-17-7-8-18-14-19(23(34-2)15-21(18)28-17)24-16-22(30-38-24)20(29-26(32)33)6-4-3-5-10-27(35-12-13-36-27)25-9-11-37-31-25/h7-9,11,14-16,20,29H,3-6,10,12-13H2,1-2H3,(H,32,33)/t20-/m0/s1. The highest BCUT2D eigenvalue weighted by atomic mass is 16.7. The lowest BCUT2D eigenvalue weighted by Crippen LogP contribution is -2.28. The van der Waals surface area contributed by atoms with Crippen molar-refractivity contribution in [3.8, 4) is 17.1 Å². The largest absolute Gasteiger partial charge is 0.496 e. The molecule has 1 saturated heterocycles. The van der Waals surface area contributed by atoms with Gasteiger partial charge in [-0.3, -0.25) is 4.98 Å². The van der Waals surface area contributed by atoms with Crippen LogP contribution in [0.1, 0.15) is 55.2 Å². The molecule has 3 aromatic heterocycles. The molecule has 5 rings (SSSR count). The smallest absolute Gasteiger partial charge is 0.405 e. The zero-order valence-electron chi connectivity index (χ0n) is 21.3. The molecular formula is C27H30N4O7. The van der Waals surface area contributed by atoms with E-state index in [0.29, 0.717) is 54.5 Å². The Labute approximate surface area is 219 Å². The molecule has 1 aromatic carbocycles. The number of fused-ring (bicyclic) bond motifs is 1. The van der Waals surface area contributed by atoms with Crippen LogP contribution in [0.25, 0.3) is 22.2 Å². The molecule has 0 spiro atoms. The minimum Gasteiger partial charge on any atom is -0.496 e. The Balaban J connectivity index is 1.25. The van der Waals surface area contributed by atoms with Crippen LogP contribution in [0.3, 0.4) is 0 Å². The number of aromatic nitrogens is 3. The van der Waals surface area contributed by atoms with E-state index in [0.717, 1.165) is 35.9 Å². The zero-order valence-corrected chi connectivity index (χ0v) is 21.3. The molecule has 1 atom stereocenters. The molecular weight excluding hydrogens is 492 g/mol. The van der Waals surface area contributed by atoms with Gasteiger partial charge in [-0.15, -0.1) is 0 Å². The number of nitrogens with one attached hydrogen (secondary N) is 1. The van der Waals surface area contributed by atoms with E-state index in [9.17, 15) is 9.90 Å². The van der Waals surface area contributed by atoms with Crippen molar-refractivity contribution >= 4 is 17.0 Å². The maximum absolute atomic E-state index is 11.5. The lowest BCUT2D eigenvalue weighted by Gasteiger charge is -2.24. The van der Waals surface area contributed by atoms with Crippen molar-refractivity contribution < 1.29 is 33.2 Å². The fraction of sp³-hybridized carbons (Fsp3) is 0.407. The number of nitrogens with zero attached hydrogens (tertiary/aromatic N) is 3. The molecule has 0 aliphatic carbocycles. The summed E-state index contributed by atoms with van der Waals surface area (Å²) in [6.45, 7) is 2.94. The minimum absolute atomic E-state index is 0.488. The molecule has 0 bridgehead atoms. The van der Waals surface area contributed by atoms with Crippen LogP contribution in [0.2, 0.25) is 0 Å². The van der Waals surface area contributed by atoms with E-state index < -0.39 is 17.9 Å². The normalized spacial score (nSPS) is 15.5. The molecule has 200 valence electrons. The van der Waals surface area contributed by atoms with Crippen molar-refractivity contribution in [2.24, 2.45) is 0 Å². The van der Waals surface area contributed by atoms with E-state index in [-0.39, 0.29) is 0 Å². The number of amides is 1. The van der Waals surface area contributed by atoms with Gasteiger partial charge in [0.15, 0.2) is 5.76 Å². The van der Waals surface area contributed by atoms with Gasteiger partial charge in [-0.1, -0.05) is 29.2 Å². The van der Waals surface area contributed by atoms with Crippen LogP contribution in [0.15, 0.2) is 51.7 Å². The van der Waals surface area contributed by atoms with E-state index in [4.69, 9.17) is 23.3 Å². The molecule has 0 radical (unpaired) electrons. The second kappa shape index (κ2) is 11.2. The topological polar surface area (TPSA) is 142 Å². The minimum atomic E-state index is -1.12. The fourth-order valence-corrected chi connectivity index (χ4v) is 4.81. The fourth-order valence-electron chi connectivity index (χ4n) is 4.81. The van der Waals surface area contributed by atoms with Crippen molar-refractivity contribution in [2.75, 3.05) is 20.3 Å². The number of hydrogen-bond acceptors (Lipinski definition) is 9. The molecule has 1 amide bonds. The van der Waals surface area contributed by atoms with Crippen molar-refractivity contribution in [1.29, 1.82) is 0 Å². The summed E-state index contributed by atoms with van der Waals surface area (Å²) >= 11 is 0. The predicted octanol–water partition coefficient (Wildman–Crippen LogP) is 5.35. The highest BCUT2D eigenvalue weighted by molar-refractivity contribution is 5.87. The van der Waals surface area contributed by atoms with Crippen LogP contribution in [0, 0.1) is 6.92 Å². The molecule has 0 saturated carbocycles. The molecule has 1 aliphatic rings. The summed E-state index contributed by atoms with van der Waals surface area (Å²) in [5.41, 5.74) is 3.58.